The third-order valence-corrected chi connectivity index (χ3v) is 3.47. The molecule has 0 aliphatic rings. The summed E-state index contributed by atoms with van der Waals surface area (Å²) in [6, 6.07) is 2.27. The molecule has 0 atom stereocenters. The van der Waals surface area contributed by atoms with Gasteiger partial charge in [-0.2, -0.15) is 5.26 Å². The molecular formula is C16H31N3O. The van der Waals surface area contributed by atoms with Crippen LogP contribution in [0.5, 0.6) is 0 Å². The quantitative estimate of drug-likeness (QED) is 0.707. The first kappa shape index (κ1) is 18.9. The second-order valence-electron chi connectivity index (χ2n) is 6.78. The van der Waals surface area contributed by atoms with Gasteiger partial charge in [-0.15, -0.1) is 0 Å². The molecule has 0 unspecified atom stereocenters. The van der Waals surface area contributed by atoms with E-state index in [4.69, 9.17) is 0 Å². The van der Waals surface area contributed by atoms with Crippen molar-refractivity contribution < 1.29 is 4.79 Å². The summed E-state index contributed by atoms with van der Waals surface area (Å²) >= 11 is 0. The summed E-state index contributed by atoms with van der Waals surface area (Å²) in [4.78, 5) is 14.6. The van der Waals surface area contributed by atoms with Gasteiger partial charge in [0.15, 0.2) is 0 Å². The monoisotopic (exact) mass is 281 g/mol. The van der Waals surface area contributed by atoms with Crippen molar-refractivity contribution in [2.75, 3.05) is 27.2 Å². The molecule has 0 aliphatic heterocycles. The van der Waals surface area contributed by atoms with E-state index in [2.05, 4.69) is 30.1 Å². The molecule has 4 nitrogen and oxygen atoms in total. The van der Waals surface area contributed by atoms with Gasteiger partial charge in [0.1, 0.15) is 5.41 Å². The minimum atomic E-state index is -0.850. The van der Waals surface area contributed by atoms with E-state index in [1.807, 2.05) is 27.9 Å². The number of carbonyl (C=O) groups excluding carboxylic acids is 1. The second kappa shape index (κ2) is 8.26. The molecule has 0 saturated heterocycles. The Labute approximate surface area is 124 Å². The van der Waals surface area contributed by atoms with Crippen molar-refractivity contribution >= 4 is 5.91 Å². The maximum atomic E-state index is 12.5. The van der Waals surface area contributed by atoms with Gasteiger partial charge in [0.25, 0.3) is 0 Å². The molecule has 0 saturated carbocycles. The molecule has 0 aromatic rings. The van der Waals surface area contributed by atoms with Gasteiger partial charge in [0, 0.05) is 13.1 Å². The maximum absolute atomic E-state index is 12.5. The molecule has 0 heterocycles. The van der Waals surface area contributed by atoms with E-state index in [1.54, 1.807) is 0 Å². The maximum Gasteiger partial charge on any atom is 0.240 e. The first-order valence-corrected chi connectivity index (χ1v) is 7.57. The van der Waals surface area contributed by atoms with E-state index in [9.17, 15) is 10.1 Å². The van der Waals surface area contributed by atoms with Crippen LogP contribution < -0.4 is 5.32 Å². The van der Waals surface area contributed by atoms with E-state index in [0.717, 1.165) is 19.4 Å². The number of nitrogens with zero attached hydrogens (tertiary/aromatic N) is 2. The zero-order valence-corrected chi connectivity index (χ0v) is 14.0. The topological polar surface area (TPSA) is 56.1 Å². The van der Waals surface area contributed by atoms with Crippen LogP contribution in [0, 0.1) is 22.2 Å². The van der Waals surface area contributed by atoms with Crippen LogP contribution in [0.25, 0.3) is 0 Å². The smallest absolute Gasteiger partial charge is 0.240 e. The van der Waals surface area contributed by atoms with Crippen molar-refractivity contribution in [3.8, 4) is 6.07 Å². The molecule has 1 N–H and O–H groups in total. The van der Waals surface area contributed by atoms with Crippen LogP contribution in [-0.2, 0) is 4.79 Å². The van der Waals surface area contributed by atoms with Crippen molar-refractivity contribution in [3.05, 3.63) is 0 Å². The highest BCUT2D eigenvalue weighted by Gasteiger charge is 2.37. The van der Waals surface area contributed by atoms with Gasteiger partial charge in [-0.25, -0.2) is 0 Å². The normalized spacial score (nSPS) is 12.3. The summed E-state index contributed by atoms with van der Waals surface area (Å²) in [5.41, 5.74) is -0.851. The first-order chi connectivity index (χ1) is 9.23. The lowest BCUT2D eigenvalue weighted by molar-refractivity contribution is -0.129. The fourth-order valence-electron chi connectivity index (χ4n) is 2.77. The Bertz CT molecular complexity index is 336. The molecule has 0 aromatic carbocycles. The third kappa shape index (κ3) is 5.92. The molecule has 20 heavy (non-hydrogen) atoms. The van der Waals surface area contributed by atoms with Crippen molar-refractivity contribution in [2.24, 2.45) is 10.8 Å². The number of hydrogen-bond donors (Lipinski definition) is 1. The van der Waals surface area contributed by atoms with Crippen LogP contribution in [0.2, 0.25) is 0 Å². The lowest BCUT2D eigenvalue weighted by atomic mass is 9.79. The number of hydrogen-bond acceptors (Lipinski definition) is 3. The minimum Gasteiger partial charge on any atom is -0.354 e. The molecule has 0 rings (SSSR count). The van der Waals surface area contributed by atoms with Gasteiger partial charge in [-0.3, -0.25) is 4.79 Å². The Hall–Kier alpha value is -1.08. The lowest BCUT2D eigenvalue weighted by Crippen LogP contribution is -2.46. The molecule has 4 heteroatoms. The SMILES string of the molecule is CCCC(C#N)(CCC)C(=O)NCC(C)(C)CN(C)C. The van der Waals surface area contributed by atoms with Crippen molar-refractivity contribution in [3.63, 3.8) is 0 Å². The summed E-state index contributed by atoms with van der Waals surface area (Å²) in [5, 5.41) is 12.5. The van der Waals surface area contributed by atoms with Gasteiger partial charge < -0.3 is 10.2 Å². The Morgan fingerprint density at radius 3 is 2.05 bits per heavy atom. The molecule has 116 valence electrons. The van der Waals surface area contributed by atoms with Gasteiger partial charge >= 0.3 is 0 Å². The third-order valence-electron chi connectivity index (χ3n) is 3.47. The van der Waals surface area contributed by atoms with Crippen LogP contribution in [0.3, 0.4) is 0 Å². The van der Waals surface area contributed by atoms with E-state index in [-0.39, 0.29) is 11.3 Å². The van der Waals surface area contributed by atoms with Crippen LogP contribution in [-0.4, -0.2) is 38.0 Å². The van der Waals surface area contributed by atoms with Crippen LogP contribution in [0.15, 0.2) is 0 Å². The van der Waals surface area contributed by atoms with E-state index >= 15 is 0 Å². The average Bonchev–Trinajstić information content (AvgIpc) is 2.34. The van der Waals surface area contributed by atoms with Crippen molar-refractivity contribution in [1.82, 2.24) is 10.2 Å². The van der Waals surface area contributed by atoms with Crippen molar-refractivity contribution in [1.29, 1.82) is 5.26 Å². The summed E-state index contributed by atoms with van der Waals surface area (Å²) in [6.07, 6.45) is 2.97. The molecule has 0 spiro atoms. The Kier molecular flexibility index (Phi) is 7.82. The highest BCUT2D eigenvalue weighted by molar-refractivity contribution is 5.85. The number of nitrogens with one attached hydrogen (secondary N) is 1. The fourth-order valence-corrected chi connectivity index (χ4v) is 2.77. The molecule has 0 aromatic heterocycles. The largest absolute Gasteiger partial charge is 0.354 e. The summed E-state index contributed by atoms with van der Waals surface area (Å²) in [5.74, 6) is -0.101. The van der Waals surface area contributed by atoms with E-state index < -0.39 is 5.41 Å². The van der Waals surface area contributed by atoms with Gasteiger partial charge in [0.05, 0.1) is 6.07 Å². The fraction of sp³-hybridized carbons (Fsp3) is 0.875. The summed E-state index contributed by atoms with van der Waals surface area (Å²) in [7, 11) is 4.05. The molecule has 0 fully saturated rings. The Morgan fingerprint density at radius 2 is 1.70 bits per heavy atom. The van der Waals surface area contributed by atoms with E-state index in [1.165, 1.54) is 0 Å². The summed E-state index contributed by atoms with van der Waals surface area (Å²) < 4.78 is 0. The molecule has 0 bridgehead atoms. The molecular weight excluding hydrogens is 250 g/mol. The summed E-state index contributed by atoms with van der Waals surface area (Å²) in [6.45, 7) is 9.78. The minimum absolute atomic E-state index is 0.00121. The lowest BCUT2D eigenvalue weighted by Gasteiger charge is -2.31. The number of amides is 1. The van der Waals surface area contributed by atoms with Crippen molar-refractivity contribution in [2.45, 2.75) is 53.4 Å². The van der Waals surface area contributed by atoms with Gasteiger partial charge in [0.2, 0.25) is 5.91 Å². The second-order valence-corrected chi connectivity index (χ2v) is 6.78. The Morgan fingerprint density at radius 1 is 1.20 bits per heavy atom. The average molecular weight is 281 g/mol. The number of carbonyl (C=O) groups is 1. The Balaban J connectivity index is 4.74. The number of nitriles is 1. The predicted molar refractivity (Wildman–Crippen MR) is 83.2 cm³/mol. The zero-order valence-electron chi connectivity index (χ0n) is 14.0. The molecule has 1 amide bonds. The number of rotatable bonds is 9. The highest BCUT2D eigenvalue weighted by Crippen LogP contribution is 2.29. The molecule has 0 radical (unpaired) electrons. The zero-order chi connectivity index (χ0) is 15.8. The standard InChI is InChI=1S/C16H31N3O/c1-7-9-16(11-17,10-8-2)14(20)18-12-15(3,4)13-19(5)6/h7-10,12-13H2,1-6H3,(H,18,20). The van der Waals surface area contributed by atoms with Gasteiger partial charge in [-0.05, 0) is 32.4 Å². The van der Waals surface area contributed by atoms with Gasteiger partial charge in [-0.1, -0.05) is 40.5 Å². The predicted octanol–water partition coefficient (Wildman–Crippen LogP) is 2.80. The van der Waals surface area contributed by atoms with Crippen LogP contribution in [0.4, 0.5) is 0 Å². The first-order valence-electron chi connectivity index (χ1n) is 7.57. The van der Waals surface area contributed by atoms with Crippen LogP contribution in [0.1, 0.15) is 53.4 Å². The highest BCUT2D eigenvalue weighted by atomic mass is 16.2. The van der Waals surface area contributed by atoms with Crippen LogP contribution >= 0.6 is 0 Å². The van der Waals surface area contributed by atoms with E-state index in [0.29, 0.717) is 19.4 Å². The molecule has 0 aliphatic carbocycles.